The summed E-state index contributed by atoms with van der Waals surface area (Å²) in [6, 6.07) is 0.441. The molecule has 1 saturated carbocycles. The maximum absolute atomic E-state index is 12.5. The number of thiazole rings is 1. The van der Waals surface area contributed by atoms with Crippen molar-refractivity contribution in [1.82, 2.24) is 15.6 Å². The molecule has 0 aromatic carbocycles. The zero-order valence-corrected chi connectivity index (χ0v) is 13.4. The maximum atomic E-state index is 12.5. The first kappa shape index (κ1) is 17.1. The summed E-state index contributed by atoms with van der Waals surface area (Å²) in [6.07, 6.45) is 2.12. The molecule has 0 spiro atoms. The van der Waals surface area contributed by atoms with Crippen LogP contribution in [0, 0.1) is 0 Å². The summed E-state index contributed by atoms with van der Waals surface area (Å²) < 4.78 is 37.4. The smallest absolute Gasteiger partial charge is 0.356 e. The highest BCUT2D eigenvalue weighted by molar-refractivity contribution is 7.09. The highest BCUT2D eigenvalue weighted by atomic mass is 32.1. The molecule has 0 amide bonds. The molecule has 0 radical (unpaired) electrons. The summed E-state index contributed by atoms with van der Waals surface area (Å²) in [5.74, 6) is 0.708. The van der Waals surface area contributed by atoms with Crippen molar-refractivity contribution in [2.24, 2.45) is 4.99 Å². The van der Waals surface area contributed by atoms with Gasteiger partial charge >= 0.3 is 6.18 Å². The van der Waals surface area contributed by atoms with Crippen molar-refractivity contribution in [2.75, 3.05) is 13.6 Å². The molecule has 1 aromatic heterocycles. The zero-order valence-electron chi connectivity index (χ0n) is 12.5. The topological polar surface area (TPSA) is 49.3 Å². The van der Waals surface area contributed by atoms with Crippen LogP contribution in [0.2, 0.25) is 0 Å². The lowest BCUT2D eigenvalue weighted by Gasteiger charge is -2.24. The molecule has 22 heavy (non-hydrogen) atoms. The summed E-state index contributed by atoms with van der Waals surface area (Å²) in [5.41, 5.74) is -0.808. The lowest BCUT2D eigenvalue weighted by atomic mass is 9.96. The minimum Gasteiger partial charge on any atom is -0.356 e. The molecular weight excluding hydrogens is 313 g/mol. The van der Waals surface area contributed by atoms with Crippen LogP contribution in [0.1, 0.15) is 42.8 Å². The predicted molar refractivity (Wildman–Crippen MR) is 82.2 cm³/mol. The number of nitrogens with one attached hydrogen (secondary N) is 2. The molecule has 0 unspecified atom stereocenters. The van der Waals surface area contributed by atoms with E-state index in [0.717, 1.165) is 29.6 Å². The monoisotopic (exact) mass is 334 g/mol. The van der Waals surface area contributed by atoms with Crippen LogP contribution in [0.25, 0.3) is 0 Å². The van der Waals surface area contributed by atoms with E-state index in [1.807, 2.05) is 0 Å². The molecule has 1 aromatic rings. The molecule has 4 nitrogen and oxygen atoms in total. The number of halogens is 3. The number of hydrogen-bond donors (Lipinski definition) is 2. The first-order chi connectivity index (χ1) is 10.5. The molecule has 1 aliphatic carbocycles. The van der Waals surface area contributed by atoms with Gasteiger partial charge in [-0.15, -0.1) is 11.3 Å². The average molecular weight is 334 g/mol. The first-order valence-electron chi connectivity index (χ1n) is 7.48. The Balaban J connectivity index is 1.75. The second-order valence-electron chi connectivity index (χ2n) is 5.35. The summed E-state index contributed by atoms with van der Waals surface area (Å²) >= 11 is 1.04. The van der Waals surface area contributed by atoms with Crippen molar-refractivity contribution in [1.29, 1.82) is 0 Å². The Bertz CT molecular complexity index is 493. The number of aromatic nitrogens is 1. The Hall–Kier alpha value is -1.31. The maximum Gasteiger partial charge on any atom is 0.434 e. The molecule has 1 aliphatic rings. The van der Waals surface area contributed by atoms with Crippen molar-refractivity contribution >= 4 is 17.3 Å². The van der Waals surface area contributed by atoms with Crippen LogP contribution in [0.5, 0.6) is 0 Å². The molecule has 0 saturated heterocycles. The standard InChI is InChI=1S/C14H21F3N4S/c1-18-13(20-10-5-3-2-4-6-10)19-8-7-12-21-11(9-22-12)14(15,16)17/h9-10H,2-8H2,1H3,(H2,18,19,20). The summed E-state index contributed by atoms with van der Waals surface area (Å²) in [4.78, 5) is 7.77. The van der Waals surface area contributed by atoms with E-state index in [0.29, 0.717) is 30.0 Å². The van der Waals surface area contributed by atoms with E-state index >= 15 is 0 Å². The van der Waals surface area contributed by atoms with Gasteiger partial charge in [-0.2, -0.15) is 13.2 Å². The molecule has 0 aliphatic heterocycles. The van der Waals surface area contributed by atoms with E-state index in [-0.39, 0.29) is 0 Å². The minimum absolute atomic E-state index is 0.441. The Morgan fingerprint density at radius 3 is 2.68 bits per heavy atom. The van der Waals surface area contributed by atoms with E-state index in [2.05, 4.69) is 20.6 Å². The summed E-state index contributed by atoms with van der Waals surface area (Å²) in [5, 5.41) is 8.04. The normalized spacial score (nSPS) is 17.5. The number of rotatable bonds is 4. The van der Waals surface area contributed by atoms with E-state index < -0.39 is 11.9 Å². The minimum atomic E-state index is -4.36. The first-order valence-corrected chi connectivity index (χ1v) is 8.36. The quantitative estimate of drug-likeness (QED) is 0.657. The van der Waals surface area contributed by atoms with Gasteiger partial charge in [0.25, 0.3) is 0 Å². The lowest BCUT2D eigenvalue weighted by molar-refractivity contribution is -0.140. The SMILES string of the molecule is CN=C(NCCc1nc(C(F)(F)F)cs1)NC1CCCCC1. The second-order valence-corrected chi connectivity index (χ2v) is 6.30. The van der Waals surface area contributed by atoms with E-state index in [1.54, 1.807) is 7.05 Å². The fourth-order valence-electron chi connectivity index (χ4n) is 2.48. The molecule has 2 N–H and O–H groups in total. The highest BCUT2D eigenvalue weighted by Gasteiger charge is 2.33. The van der Waals surface area contributed by atoms with E-state index in [4.69, 9.17) is 0 Å². The number of alkyl halides is 3. The molecule has 124 valence electrons. The molecule has 0 bridgehead atoms. The van der Waals surface area contributed by atoms with Gasteiger partial charge < -0.3 is 10.6 Å². The average Bonchev–Trinajstić information content (AvgIpc) is 2.96. The Morgan fingerprint density at radius 2 is 2.09 bits per heavy atom. The fraction of sp³-hybridized carbons (Fsp3) is 0.714. The van der Waals surface area contributed by atoms with Crippen molar-refractivity contribution < 1.29 is 13.2 Å². The van der Waals surface area contributed by atoms with Crippen LogP contribution < -0.4 is 10.6 Å². The van der Waals surface area contributed by atoms with Crippen LogP contribution in [0.4, 0.5) is 13.2 Å². The zero-order chi connectivity index (χ0) is 16.0. The predicted octanol–water partition coefficient (Wildman–Crippen LogP) is 3.20. The number of aliphatic imine (C=N–C) groups is 1. The van der Waals surface area contributed by atoms with Crippen molar-refractivity contribution in [3.8, 4) is 0 Å². The lowest BCUT2D eigenvalue weighted by Crippen LogP contribution is -2.44. The third-order valence-corrected chi connectivity index (χ3v) is 4.55. The van der Waals surface area contributed by atoms with Gasteiger partial charge in [-0.1, -0.05) is 19.3 Å². The third kappa shape index (κ3) is 5.15. The fourth-order valence-corrected chi connectivity index (χ4v) is 3.28. The number of hydrogen-bond acceptors (Lipinski definition) is 3. The van der Waals surface area contributed by atoms with Gasteiger partial charge in [0.1, 0.15) is 0 Å². The van der Waals surface area contributed by atoms with Gasteiger partial charge in [0, 0.05) is 31.4 Å². The van der Waals surface area contributed by atoms with Gasteiger partial charge in [-0.05, 0) is 12.8 Å². The van der Waals surface area contributed by atoms with E-state index in [9.17, 15) is 13.2 Å². The summed E-state index contributed by atoms with van der Waals surface area (Å²) in [7, 11) is 1.70. The van der Waals surface area contributed by atoms with Crippen molar-refractivity contribution in [3.63, 3.8) is 0 Å². The van der Waals surface area contributed by atoms with Crippen LogP contribution in [0.15, 0.2) is 10.4 Å². The largest absolute Gasteiger partial charge is 0.434 e. The van der Waals surface area contributed by atoms with Gasteiger partial charge in [0.05, 0.1) is 5.01 Å². The van der Waals surface area contributed by atoms with E-state index in [1.165, 1.54) is 19.3 Å². The van der Waals surface area contributed by atoms with Gasteiger partial charge in [-0.3, -0.25) is 4.99 Å². The van der Waals surface area contributed by atoms with Crippen molar-refractivity contribution in [3.05, 3.63) is 16.1 Å². The van der Waals surface area contributed by atoms with Gasteiger partial charge in [0.15, 0.2) is 11.7 Å². The number of guanidine groups is 1. The summed E-state index contributed by atoms with van der Waals surface area (Å²) in [6.45, 7) is 0.511. The molecule has 1 heterocycles. The molecule has 2 rings (SSSR count). The van der Waals surface area contributed by atoms with Gasteiger partial charge in [0.2, 0.25) is 0 Å². The second kappa shape index (κ2) is 7.80. The number of nitrogens with zero attached hydrogens (tertiary/aromatic N) is 2. The molecular formula is C14H21F3N4S. The van der Waals surface area contributed by atoms with Crippen molar-refractivity contribution in [2.45, 2.75) is 50.7 Å². The van der Waals surface area contributed by atoms with Crippen LogP contribution in [-0.2, 0) is 12.6 Å². The Labute approximate surface area is 132 Å². The molecule has 0 atom stereocenters. The molecule has 1 fully saturated rings. The molecule has 8 heteroatoms. The third-order valence-electron chi connectivity index (χ3n) is 3.64. The van der Waals surface area contributed by atoms with Gasteiger partial charge in [-0.25, -0.2) is 4.98 Å². The Kier molecular flexibility index (Phi) is 6.05. The van der Waals surface area contributed by atoms with Crippen LogP contribution >= 0.6 is 11.3 Å². The van der Waals surface area contributed by atoms with Crippen LogP contribution in [0.3, 0.4) is 0 Å². The highest BCUT2D eigenvalue weighted by Crippen LogP contribution is 2.30. The van der Waals surface area contributed by atoms with Crippen LogP contribution in [-0.4, -0.2) is 30.6 Å². The Morgan fingerprint density at radius 1 is 1.36 bits per heavy atom.